The first-order chi connectivity index (χ1) is 7.29. The van der Waals surface area contributed by atoms with Crippen LogP contribution in [0.2, 0.25) is 0 Å². The number of rotatable bonds is 3. The summed E-state index contributed by atoms with van der Waals surface area (Å²) < 4.78 is 6.62. The van der Waals surface area contributed by atoms with E-state index in [1.807, 2.05) is 6.92 Å². The van der Waals surface area contributed by atoms with Gasteiger partial charge < -0.3 is 10.5 Å². The lowest BCUT2D eigenvalue weighted by molar-refractivity contribution is 0.312. The molecule has 2 aromatic heterocycles. The minimum Gasteiger partial charge on any atom is -0.464 e. The molecule has 0 aromatic carbocycles. The van der Waals surface area contributed by atoms with Gasteiger partial charge in [-0.05, 0) is 6.92 Å². The van der Waals surface area contributed by atoms with E-state index in [1.165, 1.54) is 11.0 Å². The molecule has 0 radical (unpaired) electrons. The second kappa shape index (κ2) is 3.91. The van der Waals surface area contributed by atoms with E-state index in [-0.39, 0.29) is 5.95 Å². The van der Waals surface area contributed by atoms with Gasteiger partial charge in [-0.3, -0.25) is 0 Å². The van der Waals surface area contributed by atoms with Gasteiger partial charge in [0.05, 0.1) is 6.61 Å². The Labute approximate surface area is 85.9 Å². The van der Waals surface area contributed by atoms with Crippen molar-refractivity contribution in [2.24, 2.45) is 0 Å². The molecule has 2 rings (SSSR count). The van der Waals surface area contributed by atoms with Gasteiger partial charge in [0.25, 0.3) is 0 Å². The number of hydrogen-bond acceptors (Lipinski definition) is 6. The summed E-state index contributed by atoms with van der Waals surface area (Å²) in [6.07, 6.45) is 3.07. The Hall–Kier alpha value is -2.18. The van der Waals surface area contributed by atoms with Crippen LogP contribution in [-0.2, 0) is 0 Å². The van der Waals surface area contributed by atoms with E-state index in [1.54, 1.807) is 12.3 Å². The molecule has 0 aliphatic heterocycles. The average Bonchev–Trinajstić information content (AvgIpc) is 2.66. The van der Waals surface area contributed by atoms with E-state index in [9.17, 15) is 0 Å². The molecular formula is C8H10N6O. The van der Waals surface area contributed by atoms with Crippen molar-refractivity contribution < 1.29 is 4.74 Å². The summed E-state index contributed by atoms with van der Waals surface area (Å²) in [5, 5.41) is 3.92. The highest BCUT2D eigenvalue weighted by Crippen LogP contribution is 2.07. The summed E-state index contributed by atoms with van der Waals surface area (Å²) >= 11 is 0. The number of aromatic nitrogens is 5. The van der Waals surface area contributed by atoms with Crippen molar-refractivity contribution in [3.63, 3.8) is 0 Å². The standard InChI is InChI=1S/C8H10N6O/c1-2-15-8-10-4-3-6(12-8)14-5-11-7(9)13-14/h3-5H,2H2,1H3,(H2,9,13). The zero-order valence-electron chi connectivity index (χ0n) is 8.16. The SMILES string of the molecule is CCOc1nccc(-n2cnc(N)n2)n1. The second-order valence-electron chi connectivity index (χ2n) is 2.68. The zero-order chi connectivity index (χ0) is 10.7. The van der Waals surface area contributed by atoms with Gasteiger partial charge in [0.1, 0.15) is 6.33 Å². The van der Waals surface area contributed by atoms with Gasteiger partial charge in [0.2, 0.25) is 5.95 Å². The normalized spacial score (nSPS) is 10.2. The molecule has 2 heterocycles. The van der Waals surface area contributed by atoms with Crippen molar-refractivity contribution in [3.05, 3.63) is 18.6 Å². The third-order valence-corrected chi connectivity index (χ3v) is 1.64. The molecule has 0 bridgehead atoms. The van der Waals surface area contributed by atoms with Gasteiger partial charge in [-0.15, -0.1) is 5.10 Å². The summed E-state index contributed by atoms with van der Waals surface area (Å²) in [6.45, 7) is 2.38. The Morgan fingerprint density at radius 1 is 1.47 bits per heavy atom. The number of ether oxygens (including phenoxy) is 1. The van der Waals surface area contributed by atoms with Crippen molar-refractivity contribution in [2.45, 2.75) is 6.92 Å². The van der Waals surface area contributed by atoms with Gasteiger partial charge >= 0.3 is 6.01 Å². The summed E-state index contributed by atoms with van der Waals surface area (Å²) in [5.74, 6) is 0.768. The smallest absolute Gasteiger partial charge is 0.318 e. The molecule has 7 heteroatoms. The van der Waals surface area contributed by atoms with Gasteiger partial charge in [-0.2, -0.15) is 4.98 Å². The Balaban J connectivity index is 2.32. The molecule has 0 aliphatic carbocycles. The van der Waals surface area contributed by atoms with Crippen LogP contribution >= 0.6 is 0 Å². The average molecular weight is 206 g/mol. The maximum absolute atomic E-state index is 5.39. The summed E-state index contributed by atoms with van der Waals surface area (Å²) in [7, 11) is 0. The Bertz CT molecular complexity index is 454. The third-order valence-electron chi connectivity index (χ3n) is 1.64. The molecule has 78 valence electrons. The van der Waals surface area contributed by atoms with Crippen LogP contribution in [0.1, 0.15) is 6.92 Å². The fraction of sp³-hybridized carbons (Fsp3) is 0.250. The molecule has 0 amide bonds. The first kappa shape index (κ1) is 9.38. The molecule has 0 spiro atoms. The van der Waals surface area contributed by atoms with Crippen molar-refractivity contribution in [1.82, 2.24) is 24.7 Å². The first-order valence-corrected chi connectivity index (χ1v) is 4.43. The monoisotopic (exact) mass is 206 g/mol. The minimum absolute atomic E-state index is 0.201. The van der Waals surface area contributed by atoms with E-state index in [2.05, 4.69) is 20.1 Å². The van der Waals surface area contributed by atoms with Crippen LogP contribution in [0, 0.1) is 0 Å². The van der Waals surface area contributed by atoms with Crippen LogP contribution < -0.4 is 10.5 Å². The van der Waals surface area contributed by atoms with Crippen LogP contribution in [0.5, 0.6) is 6.01 Å². The Morgan fingerprint density at radius 2 is 2.33 bits per heavy atom. The molecule has 15 heavy (non-hydrogen) atoms. The number of hydrogen-bond donors (Lipinski definition) is 1. The Morgan fingerprint density at radius 3 is 3.00 bits per heavy atom. The highest BCUT2D eigenvalue weighted by atomic mass is 16.5. The highest BCUT2D eigenvalue weighted by Gasteiger charge is 2.03. The summed E-state index contributed by atoms with van der Waals surface area (Å²) in [6, 6.07) is 2.00. The predicted octanol–water partition coefficient (Wildman–Crippen LogP) is 0.0382. The second-order valence-corrected chi connectivity index (χ2v) is 2.68. The van der Waals surface area contributed by atoms with Crippen molar-refractivity contribution in [3.8, 4) is 11.8 Å². The fourth-order valence-electron chi connectivity index (χ4n) is 1.04. The van der Waals surface area contributed by atoms with Gasteiger partial charge in [0.15, 0.2) is 5.82 Å². The van der Waals surface area contributed by atoms with Crippen LogP contribution in [0.4, 0.5) is 5.95 Å². The third kappa shape index (κ3) is 2.01. The molecule has 0 unspecified atom stereocenters. The number of anilines is 1. The van der Waals surface area contributed by atoms with Crippen molar-refractivity contribution in [1.29, 1.82) is 0 Å². The van der Waals surface area contributed by atoms with Crippen molar-refractivity contribution >= 4 is 5.95 Å². The van der Waals surface area contributed by atoms with Gasteiger partial charge in [-0.25, -0.2) is 14.6 Å². The Kier molecular flexibility index (Phi) is 2.44. The van der Waals surface area contributed by atoms with Crippen LogP contribution in [-0.4, -0.2) is 31.3 Å². The quantitative estimate of drug-likeness (QED) is 0.762. The first-order valence-electron chi connectivity index (χ1n) is 4.43. The van der Waals surface area contributed by atoms with Crippen LogP contribution in [0.25, 0.3) is 5.82 Å². The van der Waals surface area contributed by atoms with E-state index in [0.29, 0.717) is 18.4 Å². The van der Waals surface area contributed by atoms with Gasteiger partial charge in [-0.1, -0.05) is 0 Å². The number of nitrogen functional groups attached to an aromatic ring is 1. The lowest BCUT2D eigenvalue weighted by Gasteiger charge is -2.02. The molecule has 0 fully saturated rings. The molecule has 0 atom stereocenters. The molecule has 0 saturated carbocycles. The van der Waals surface area contributed by atoms with Gasteiger partial charge in [0, 0.05) is 12.3 Å². The lowest BCUT2D eigenvalue weighted by Crippen LogP contribution is -2.03. The maximum Gasteiger partial charge on any atom is 0.318 e. The van der Waals surface area contributed by atoms with E-state index in [0.717, 1.165) is 0 Å². The highest BCUT2D eigenvalue weighted by molar-refractivity contribution is 5.23. The lowest BCUT2D eigenvalue weighted by atomic mass is 10.6. The predicted molar refractivity (Wildman–Crippen MR) is 52.5 cm³/mol. The fourth-order valence-corrected chi connectivity index (χ4v) is 1.04. The van der Waals surface area contributed by atoms with Crippen LogP contribution in [0.15, 0.2) is 18.6 Å². The minimum atomic E-state index is 0.201. The molecule has 7 nitrogen and oxygen atoms in total. The molecule has 0 aliphatic rings. The zero-order valence-corrected chi connectivity index (χ0v) is 8.16. The summed E-state index contributed by atoms with van der Waals surface area (Å²) in [5.41, 5.74) is 5.39. The number of nitrogens with zero attached hydrogens (tertiary/aromatic N) is 5. The summed E-state index contributed by atoms with van der Waals surface area (Å²) in [4.78, 5) is 11.9. The molecule has 2 aromatic rings. The molecule has 0 saturated heterocycles. The topological polar surface area (TPSA) is 91.7 Å². The largest absolute Gasteiger partial charge is 0.464 e. The van der Waals surface area contributed by atoms with Crippen LogP contribution in [0.3, 0.4) is 0 Å². The van der Waals surface area contributed by atoms with E-state index < -0.39 is 0 Å². The maximum atomic E-state index is 5.39. The number of nitrogens with two attached hydrogens (primary N) is 1. The van der Waals surface area contributed by atoms with E-state index in [4.69, 9.17) is 10.5 Å². The molecule has 2 N–H and O–H groups in total. The van der Waals surface area contributed by atoms with E-state index >= 15 is 0 Å². The van der Waals surface area contributed by atoms with Crippen molar-refractivity contribution in [2.75, 3.05) is 12.3 Å². The molecular weight excluding hydrogens is 196 g/mol.